The van der Waals surface area contributed by atoms with E-state index in [1.54, 1.807) is 18.2 Å². The van der Waals surface area contributed by atoms with Crippen molar-refractivity contribution in [3.8, 4) is 0 Å². The number of hydrogen-bond acceptors (Lipinski definition) is 2. The van der Waals surface area contributed by atoms with Gasteiger partial charge in [0.15, 0.2) is 17.5 Å². The van der Waals surface area contributed by atoms with Gasteiger partial charge in [-0.1, -0.05) is 29.3 Å². The normalized spacial score (nSPS) is 17.4. The van der Waals surface area contributed by atoms with Crippen molar-refractivity contribution in [1.29, 1.82) is 0 Å². The van der Waals surface area contributed by atoms with Crippen molar-refractivity contribution < 1.29 is 18.0 Å². The van der Waals surface area contributed by atoms with Crippen molar-refractivity contribution in [2.75, 3.05) is 12.3 Å². The van der Waals surface area contributed by atoms with E-state index >= 15 is 0 Å². The second kappa shape index (κ2) is 6.86. The van der Waals surface area contributed by atoms with Crippen molar-refractivity contribution in [3.05, 3.63) is 69.0 Å². The third-order valence-electron chi connectivity index (χ3n) is 3.65. The molecular weight excluding hydrogens is 382 g/mol. The number of nitrogens with zero attached hydrogens (tertiary/aromatic N) is 1. The molecule has 1 unspecified atom stereocenters. The van der Waals surface area contributed by atoms with Gasteiger partial charge < -0.3 is 4.90 Å². The van der Waals surface area contributed by atoms with Gasteiger partial charge in [0, 0.05) is 27.9 Å². The summed E-state index contributed by atoms with van der Waals surface area (Å²) in [7, 11) is 0. The van der Waals surface area contributed by atoms with Gasteiger partial charge in [0.25, 0.3) is 5.91 Å². The lowest BCUT2D eigenvalue weighted by Gasteiger charge is -2.25. The lowest BCUT2D eigenvalue weighted by Crippen LogP contribution is -2.31. The van der Waals surface area contributed by atoms with E-state index in [2.05, 4.69) is 0 Å². The van der Waals surface area contributed by atoms with E-state index in [0.717, 1.165) is 12.1 Å². The van der Waals surface area contributed by atoms with Gasteiger partial charge in [-0.05, 0) is 24.3 Å². The van der Waals surface area contributed by atoms with Crippen LogP contribution in [-0.2, 0) is 0 Å². The zero-order valence-corrected chi connectivity index (χ0v) is 14.4. The molecule has 1 atom stereocenters. The summed E-state index contributed by atoms with van der Waals surface area (Å²) in [6.45, 7) is 0.339. The van der Waals surface area contributed by atoms with E-state index in [9.17, 15) is 18.0 Å². The largest absolute Gasteiger partial charge is 0.322 e. The maximum Gasteiger partial charge on any atom is 0.258 e. The molecule has 0 spiro atoms. The molecular formula is C16H10Cl2F3NOS. The third-order valence-corrected chi connectivity index (χ3v) is 5.45. The van der Waals surface area contributed by atoms with Crippen LogP contribution in [0.5, 0.6) is 0 Å². The highest BCUT2D eigenvalue weighted by atomic mass is 35.5. The number of benzene rings is 2. The molecule has 1 aliphatic rings. The zero-order chi connectivity index (χ0) is 17.4. The maximum atomic E-state index is 13.9. The monoisotopic (exact) mass is 391 g/mol. The standard InChI is InChI=1S/C16H10Cl2F3NOS/c17-8-1-2-9(11(18)7-8)16-22(5-6-24-16)15(23)10-3-4-12(19)14(21)13(10)20/h1-4,7,16H,5-6H2. The minimum absolute atomic E-state index is 0.339. The van der Waals surface area contributed by atoms with E-state index in [4.69, 9.17) is 23.2 Å². The molecule has 24 heavy (non-hydrogen) atoms. The van der Waals surface area contributed by atoms with Crippen LogP contribution in [0, 0.1) is 17.5 Å². The molecule has 1 fully saturated rings. The number of rotatable bonds is 2. The Balaban J connectivity index is 1.96. The molecule has 1 amide bonds. The Kier molecular flexibility index (Phi) is 4.99. The number of thioether (sulfide) groups is 1. The molecule has 0 aliphatic carbocycles. The predicted molar refractivity (Wildman–Crippen MR) is 89.0 cm³/mol. The predicted octanol–water partition coefficient (Wildman–Crippen LogP) is 5.30. The molecule has 0 N–H and O–H groups in total. The highest BCUT2D eigenvalue weighted by molar-refractivity contribution is 7.99. The number of halogens is 5. The van der Waals surface area contributed by atoms with Gasteiger partial charge in [-0.15, -0.1) is 11.8 Å². The molecule has 0 bridgehead atoms. The molecule has 1 heterocycles. The Labute approximate surface area is 150 Å². The number of carbonyl (C=O) groups excluding carboxylic acids is 1. The number of carbonyl (C=O) groups is 1. The summed E-state index contributed by atoms with van der Waals surface area (Å²) in [4.78, 5) is 14.0. The van der Waals surface area contributed by atoms with Crippen LogP contribution < -0.4 is 0 Å². The van der Waals surface area contributed by atoms with Crippen LogP contribution in [-0.4, -0.2) is 23.1 Å². The van der Waals surface area contributed by atoms with Gasteiger partial charge in [0.1, 0.15) is 5.37 Å². The summed E-state index contributed by atoms with van der Waals surface area (Å²) in [5.41, 5.74) is 0.145. The molecule has 0 aromatic heterocycles. The highest BCUT2D eigenvalue weighted by Gasteiger charge is 2.34. The van der Waals surface area contributed by atoms with Crippen molar-refractivity contribution in [1.82, 2.24) is 4.90 Å². The van der Waals surface area contributed by atoms with Gasteiger partial charge in [-0.2, -0.15) is 0 Å². The first kappa shape index (κ1) is 17.5. The van der Waals surface area contributed by atoms with Gasteiger partial charge in [-0.25, -0.2) is 13.2 Å². The van der Waals surface area contributed by atoms with E-state index in [0.29, 0.717) is 27.9 Å². The van der Waals surface area contributed by atoms with Crippen molar-refractivity contribution in [2.45, 2.75) is 5.37 Å². The third kappa shape index (κ3) is 3.10. The number of amides is 1. The second-order valence-corrected chi connectivity index (χ2v) is 7.14. The summed E-state index contributed by atoms with van der Waals surface area (Å²) in [6, 6.07) is 6.56. The molecule has 2 aromatic rings. The average molecular weight is 392 g/mol. The SMILES string of the molecule is O=C(c1ccc(F)c(F)c1F)N1CCSC1c1ccc(Cl)cc1Cl. The quantitative estimate of drug-likeness (QED) is 0.647. The van der Waals surface area contributed by atoms with E-state index < -0.39 is 34.3 Å². The molecule has 1 aliphatic heterocycles. The van der Waals surface area contributed by atoms with Crippen LogP contribution in [0.25, 0.3) is 0 Å². The highest BCUT2D eigenvalue weighted by Crippen LogP contribution is 2.42. The summed E-state index contributed by atoms with van der Waals surface area (Å²) in [5.74, 6) is -4.59. The Bertz CT molecular complexity index is 818. The first-order chi connectivity index (χ1) is 11.4. The van der Waals surface area contributed by atoms with Crippen molar-refractivity contribution in [3.63, 3.8) is 0 Å². The van der Waals surface area contributed by atoms with Crippen LogP contribution in [0.3, 0.4) is 0 Å². The molecule has 1 saturated heterocycles. The fourth-order valence-electron chi connectivity index (χ4n) is 2.48. The summed E-state index contributed by atoms with van der Waals surface area (Å²) in [5, 5.41) is 0.386. The van der Waals surface area contributed by atoms with Crippen LogP contribution in [0.2, 0.25) is 10.0 Å². The molecule has 0 saturated carbocycles. The first-order valence-electron chi connectivity index (χ1n) is 6.91. The van der Waals surface area contributed by atoms with Crippen LogP contribution in [0.15, 0.2) is 30.3 Å². The molecule has 2 aromatic carbocycles. The lowest BCUT2D eigenvalue weighted by atomic mass is 10.1. The minimum atomic E-state index is -1.66. The fourth-order valence-corrected chi connectivity index (χ4v) is 4.35. The molecule has 8 heteroatoms. The molecule has 2 nitrogen and oxygen atoms in total. The topological polar surface area (TPSA) is 20.3 Å². The number of hydrogen-bond donors (Lipinski definition) is 0. The lowest BCUT2D eigenvalue weighted by molar-refractivity contribution is 0.0754. The molecule has 126 valence electrons. The summed E-state index contributed by atoms with van der Waals surface area (Å²) < 4.78 is 40.4. The summed E-state index contributed by atoms with van der Waals surface area (Å²) in [6.07, 6.45) is 0. The van der Waals surface area contributed by atoms with E-state index in [1.165, 1.54) is 16.7 Å². The Morgan fingerprint density at radius 1 is 1.12 bits per heavy atom. The van der Waals surface area contributed by atoms with E-state index in [1.807, 2.05) is 0 Å². The second-order valence-electron chi connectivity index (χ2n) is 5.11. The van der Waals surface area contributed by atoms with Crippen molar-refractivity contribution in [2.24, 2.45) is 0 Å². The van der Waals surface area contributed by atoms with E-state index in [-0.39, 0.29) is 0 Å². The fraction of sp³-hybridized carbons (Fsp3) is 0.188. The zero-order valence-electron chi connectivity index (χ0n) is 12.0. The Morgan fingerprint density at radius 3 is 2.58 bits per heavy atom. The first-order valence-corrected chi connectivity index (χ1v) is 8.71. The van der Waals surface area contributed by atoms with Crippen molar-refractivity contribution >= 4 is 40.9 Å². The van der Waals surface area contributed by atoms with Gasteiger partial charge in [0.05, 0.1) is 5.56 Å². The van der Waals surface area contributed by atoms with Gasteiger partial charge in [-0.3, -0.25) is 4.79 Å². The maximum absolute atomic E-state index is 13.9. The smallest absolute Gasteiger partial charge is 0.258 e. The van der Waals surface area contributed by atoms with Gasteiger partial charge >= 0.3 is 0 Å². The van der Waals surface area contributed by atoms with Gasteiger partial charge in [0.2, 0.25) is 0 Å². The minimum Gasteiger partial charge on any atom is -0.322 e. The Morgan fingerprint density at radius 2 is 1.88 bits per heavy atom. The Hall–Kier alpha value is -1.37. The molecule has 3 rings (SSSR count). The summed E-state index contributed by atoms with van der Waals surface area (Å²) >= 11 is 13.5. The molecule has 0 radical (unpaired) electrons. The van der Waals surface area contributed by atoms with Crippen LogP contribution >= 0.6 is 35.0 Å². The van der Waals surface area contributed by atoms with Crippen LogP contribution in [0.4, 0.5) is 13.2 Å². The average Bonchev–Trinajstić information content (AvgIpc) is 3.01. The van der Waals surface area contributed by atoms with Crippen LogP contribution in [0.1, 0.15) is 21.3 Å².